The maximum Gasteiger partial charge on any atom is 0.248 e. The van der Waals surface area contributed by atoms with Crippen LogP contribution >= 0.6 is 0 Å². The first-order chi connectivity index (χ1) is 9.06. The van der Waals surface area contributed by atoms with Gasteiger partial charge in [-0.2, -0.15) is 0 Å². The Bertz CT molecular complexity index is 613. The highest BCUT2D eigenvalue weighted by molar-refractivity contribution is 5.93. The van der Waals surface area contributed by atoms with E-state index in [1.54, 1.807) is 18.2 Å². The maximum atomic E-state index is 11.0. The lowest BCUT2D eigenvalue weighted by molar-refractivity contribution is 0.1000. The molecule has 0 bridgehead atoms. The molecule has 6 heteroatoms. The number of nitrogens with two attached hydrogens (primary N) is 2. The Kier molecular flexibility index (Phi) is 3.51. The van der Waals surface area contributed by atoms with E-state index in [1.165, 1.54) is 18.3 Å². The number of benzene rings is 1. The van der Waals surface area contributed by atoms with Crippen molar-refractivity contribution < 1.29 is 9.90 Å². The molecule has 0 radical (unpaired) electrons. The van der Waals surface area contributed by atoms with Gasteiger partial charge in [0.25, 0.3) is 0 Å². The molecule has 19 heavy (non-hydrogen) atoms. The van der Waals surface area contributed by atoms with E-state index in [4.69, 9.17) is 11.5 Å². The molecule has 6 nitrogen and oxygen atoms in total. The molecule has 1 amide bonds. The van der Waals surface area contributed by atoms with Crippen molar-refractivity contribution in [2.24, 2.45) is 5.73 Å². The first kappa shape index (κ1) is 12.7. The molecule has 0 aliphatic carbocycles. The van der Waals surface area contributed by atoms with Crippen LogP contribution in [0.5, 0.6) is 5.75 Å². The van der Waals surface area contributed by atoms with Gasteiger partial charge in [0.2, 0.25) is 5.91 Å². The van der Waals surface area contributed by atoms with Gasteiger partial charge in [0, 0.05) is 29.6 Å². The molecule has 0 aliphatic heterocycles. The van der Waals surface area contributed by atoms with Crippen molar-refractivity contribution in [1.82, 2.24) is 4.98 Å². The zero-order valence-corrected chi connectivity index (χ0v) is 10.1. The Morgan fingerprint density at radius 3 is 2.84 bits per heavy atom. The van der Waals surface area contributed by atoms with Crippen LogP contribution in [0.1, 0.15) is 15.9 Å². The minimum Gasteiger partial charge on any atom is -0.508 e. The standard InChI is InChI=1S/C13H14N4O2/c14-10-1-2-11(18)9(5-10)7-17-12-6-8(13(15)19)3-4-16-12/h1-6,18H,7,14H2,(H2,15,19)(H,16,17). The van der Waals surface area contributed by atoms with Crippen LogP contribution in [0.3, 0.4) is 0 Å². The monoisotopic (exact) mass is 258 g/mol. The van der Waals surface area contributed by atoms with E-state index in [1.807, 2.05) is 0 Å². The van der Waals surface area contributed by atoms with Crippen LogP contribution in [0.4, 0.5) is 11.5 Å². The van der Waals surface area contributed by atoms with Gasteiger partial charge in [0.05, 0.1) is 0 Å². The number of phenolic OH excluding ortho intramolecular Hbond substituents is 1. The normalized spacial score (nSPS) is 10.1. The lowest BCUT2D eigenvalue weighted by Crippen LogP contribution is -2.12. The highest BCUT2D eigenvalue weighted by Crippen LogP contribution is 2.20. The highest BCUT2D eigenvalue weighted by Gasteiger charge is 2.04. The van der Waals surface area contributed by atoms with Crippen molar-refractivity contribution in [3.8, 4) is 5.75 Å². The smallest absolute Gasteiger partial charge is 0.248 e. The number of phenols is 1. The second-order valence-electron chi connectivity index (χ2n) is 4.04. The molecule has 1 heterocycles. The molecule has 98 valence electrons. The van der Waals surface area contributed by atoms with E-state index in [-0.39, 0.29) is 5.75 Å². The van der Waals surface area contributed by atoms with Crippen LogP contribution in [0.15, 0.2) is 36.5 Å². The predicted octanol–water partition coefficient (Wildman–Crippen LogP) is 1.08. The van der Waals surface area contributed by atoms with Gasteiger partial charge in [0.1, 0.15) is 11.6 Å². The second kappa shape index (κ2) is 5.26. The van der Waals surface area contributed by atoms with Gasteiger partial charge in [-0.1, -0.05) is 0 Å². The minimum atomic E-state index is -0.516. The number of nitrogens with zero attached hydrogens (tertiary/aromatic N) is 1. The fourth-order valence-corrected chi connectivity index (χ4v) is 1.61. The number of carbonyl (C=O) groups is 1. The molecule has 1 aromatic heterocycles. The first-order valence-electron chi connectivity index (χ1n) is 5.63. The van der Waals surface area contributed by atoms with Crippen LogP contribution in [-0.4, -0.2) is 16.0 Å². The molecule has 0 saturated carbocycles. The summed E-state index contributed by atoms with van der Waals surface area (Å²) in [5, 5.41) is 12.7. The molecular weight excluding hydrogens is 244 g/mol. The van der Waals surface area contributed by atoms with Gasteiger partial charge in [-0.15, -0.1) is 0 Å². The third-order valence-corrected chi connectivity index (χ3v) is 2.61. The molecule has 0 fully saturated rings. The number of aromatic hydroxyl groups is 1. The lowest BCUT2D eigenvalue weighted by Gasteiger charge is -2.08. The number of rotatable bonds is 4. The number of primary amides is 1. The fourth-order valence-electron chi connectivity index (χ4n) is 1.61. The molecular formula is C13H14N4O2. The van der Waals surface area contributed by atoms with E-state index in [2.05, 4.69) is 10.3 Å². The summed E-state index contributed by atoms with van der Waals surface area (Å²) < 4.78 is 0. The summed E-state index contributed by atoms with van der Waals surface area (Å²) >= 11 is 0. The van der Waals surface area contributed by atoms with Crippen molar-refractivity contribution in [2.45, 2.75) is 6.54 Å². The van der Waals surface area contributed by atoms with Gasteiger partial charge in [-0.05, 0) is 30.3 Å². The predicted molar refractivity (Wildman–Crippen MR) is 72.6 cm³/mol. The van der Waals surface area contributed by atoms with Crippen LogP contribution in [0, 0.1) is 0 Å². The third kappa shape index (κ3) is 3.12. The Balaban J connectivity index is 2.12. The first-order valence-corrected chi connectivity index (χ1v) is 5.63. The van der Waals surface area contributed by atoms with E-state index < -0.39 is 5.91 Å². The number of amides is 1. The summed E-state index contributed by atoms with van der Waals surface area (Å²) in [6, 6.07) is 7.89. The molecule has 1 aromatic carbocycles. The Labute approximate surface area is 110 Å². The van der Waals surface area contributed by atoms with E-state index >= 15 is 0 Å². The maximum absolute atomic E-state index is 11.0. The topological polar surface area (TPSA) is 114 Å². The summed E-state index contributed by atoms with van der Waals surface area (Å²) in [5.41, 5.74) is 12.4. The number of pyridine rings is 1. The van der Waals surface area contributed by atoms with Crippen molar-refractivity contribution in [2.75, 3.05) is 11.1 Å². The van der Waals surface area contributed by atoms with Gasteiger partial charge < -0.3 is 21.9 Å². The molecule has 0 saturated heterocycles. The van der Waals surface area contributed by atoms with Crippen LogP contribution < -0.4 is 16.8 Å². The third-order valence-electron chi connectivity index (χ3n) is 2.61. The minimum absolute atomic E-state index is 0.146. The largest absolute Gasteiger partial charge is 0.508 e. The van der Waals surface area contributed by atoms with E-state index in [0.29, 0.717) is 29.2 Å². The summed E-state index contributed by atoms with van der Waals surface area (Å²) in [7, 11) is 0. The van der Waals surface area contributed by atoms with Gasteiger partial charge in [-0.3, -0.25) is 4.79 Å². The van der Waals surface area contributed by atoms with E-state index in [0.717, 1.165) is 0 Å². The number of aromatic nitrogens is 1. The highest BCUT2D eigenvalue weighted by atomic mass is 16.3. The molecule has 0 unspecified atom stereocenters. The average Bonchev–Trinajstić information content (AvgIpc) is 2.40. The van der Waals surface area contributed by atoms with Crippen LogP contribution in [-0.2, 0) is 6.54 Å². The van der Waals surface area contributed by atoms with Gasteiger partial charge in [0.15, 0.2) is 0 Å². The summed E-state index contributed by atoms with van der Waals surface area (Å²) in [4.78, 5) is 15.1. The lowest BCUT2D eigenvalue weighted by atomic mass is 10.1. The summed E-state index contributed by atoms with van der Waals surface area (Å²) in [5.74, 6) is 0.128. The molecule has 0 atom stereocenters. The number of nitrogen functional groups attached to an aromatic ring is 1. The Morgan fingerprint density at radius 2 is 2.11 bits per heavy atom. The number of hydrogen-bond acceptors (Lipinski definition) is 5. The quantitative estimate of drug-likeness (QED) is 0.484. The van der Waals surface area contributed by atoms with Crippen molar-refractivity contribution >= 4 is 17.4 Å². The zero-order chi connectivity index (χ0) is 13.8. The summed E-state index contributed by atoms with van der Waals surface area (Å²) in [6.45, 7) is 0.339. The second-order valence-corrected chi connectivity index (χ2v) is 4.04. The SMILES string of the molecule is NC(=O)c1ccnc(NCc2cc(N)ccc2O)c1. The van der Waals surface area contributed by atoms with Crippen molar-refractivity contribution in [1.29, 1.82) is 0 Å². The Hall–Kier alpha value is -2.76. The molecule has 2 rings (SSSR count). The van der Waals surface area contributed by atoms with Gasteiger partial charge >= 0.3 is 0 Å². The number of nitrogens with one attached hydrogen (secondary N) is 1. The van der Waals surface area contributed by atoms with Crippen LogP contribution in [0.2, 0.25) is 0 Å². The van der Waals surface area contributed by atoms with Crippen LogP contribution in [0.25, 0.3) is 0 Å². The fraction of sp³-hybridized carbons (Fsp3) is 0.0769. The molecule has 2 aromatic rings. The van der Waals surface area contributed by atoms with E-state index in [9.17, 15) is 9.90 Å². The Morgan fingerprint density at radius 1 is 1.32 bits per heavy atom. The number of hydrogen-bond donors (Lipinski definition) is 4. The number of carbonyl (C=O) groups excluding carboxylic acids is 1. The molecule has 0 spiro atoms. The van der Waals surface area contributed by atoms with Crippen molar-refractivity contribution in [3.63, 3.8) is 0 Å². The molecule has 6 N–H and O–H groups in total. The molecule has 0 aliphatic rings. The average molecular weight is 258 g/mol. The zero-order valence-electron chi connectivity index (χ0n) is 10.1. The summed E-state index contributed by atoms with van der Waals surface area (Å²) in [6.07, 6.45) is 1.49. The van der Waals surface area contributed by atoms with Crippen molar-refractivity contribution in [3.05, 3.63) is 47.7 Å². The number of anilines is 2. The van der Waals surface area contributed by atoms with Gasteiger partial charge in [-0.25, -0.2) is 4.98 Å².